The van der Waals surface area contributed by atoms with Crippen LogP contribution in [-0.4, -0.2) is 27.6 Å². The molecule has 128 valence electrons. The van der Waals surface area contributed by atoms with Gasteiger partial charge in [0.25, 0.3) is 0 Å². The third-order valence-corrected chi connectivity index (χ3v) is 4.70. The summed E-state index contributed by atoms with van der Waals surface area (Å²) < 4.78 is 7.73. The van der Waals surface area contributed by atoms with Crippen LogP contribution in [0.25, 0.3) is 16.9 Å². The van der Waals surface area contributed by atoms with Gasteiger partial charge < -0.3 is 9.84 Å². The highest BCUT2D eigenvalue weighted by atomic mass is 35.5. The Labute approximate surface area is 151 Å². The van der Waals surface area contributed by atoms with E-state index in [9.17, 15) is 5.11 Å². The molecule has 0 spiro atoms. The van der Waals surface area contributed by atoms with Gasteiger partial charge in [-0.2, -0.15) is 5.10 Å². The van der Waals surface area contributed by atoms with Gasteiger partial charge in [0, 0.05) is 29.0 Å². The predicted octanol–water partition coefficient (Wildman–Crippen LogP) is 4.05. The summed E-state index contributed by atoms with van der Waals surface area (Å²) in [5.41, 5.74) is 4.97. The van der Waals surface area contributed by atoms with Crippen molar-refractivity contribution in [2.45, 2.75) is 25.9 Å². The molecule has 0 fully saturated rings. The summed E-state index contributed by atoms with van der Waals surface area (Å²) in [6.45, 7) is 2.56. The molecule has 0 radical (unpaired) electrons. The number of ether oxygens (including phenoxy) is 1. The van der Waals surface area contributed by atoms with E-state index in [0.717, 1.165) is 34.0 Å². The number of para-hydroxylation sites is 2. The van der Waals surface area contributed by atoms with E-state index in [0.29, 0.717) is 24.5 Å². The molecule has 2 aromatic carbocycles. The van der Waals surface area contributed by atoms with E-state index in [2.05, 4.69) is 0 Å². The second kappa shape index (κ2) is 6.54. The number of rotatable bonds is 4. The Kier molecular flexibility index (Phi) is 4.24. The highest BCUT2D eigenvalue weighted by Crippen LogP contribution is 2.36. The second-order valence-electron chi connectivity index (χ2n) is 6.16. The lowest BCUT2D eigenvalue weighted by molar-refractivity contribution is 0.185. The first-order valence-corrected chi connectivity index (χ1v) is 8.82. The van der Waals surface area contributed by atoms with E-state index < -0.39 is 0 Å². The first-order valence-electron chi connectivity index (χ1n) is 8.44. The van der Waals surface area contributed by atoms with Crippen LogP contribution in [0.2, 0.25) is 5.02 Å². The van der Waals surface area contributed by atoms with E-state index in [-0.39, 0.29) is 6.10 Å². The molecule has 0 aliphatic heterocycles. The van der Waals surface area contributed by atoms with Gasteiger partial charge >= 0.3 is 0 Å². The largest absolute Gasteiger partial charge is 0.492 e. The van der Waals surface area contributed by atoms with E-state index in [1.54, 1.807) is 0 Å². The Morgan fingerprint density at radius 1 is 1.16 bits per heavy atom. The highest BCUT2D eigenvalue weighted by Gasteiger charge is 2.29. The van der Waals surface area contributed by atoms with Crippen LogP contribution in [0.1, 0.15) is 18.2 Å². The van der Waals surface area contributed by atoms with Gasteiger partial charge in [0.05, 0.1) is 24.1 Å². The van der Waals surface area contributed by atoms with Crippen LogP contribution in [0.3, 0.4) is 0 Å². The summed E-state index contributed by atoms with van der Waals surface area (Å²) in [5, 5.41) is 15.6. The van der Waals surface area contributed by atoms with Crippen LogP contribution in [-0.2, 0) is 12.8 Å². The van der Waals surface area contributed by atoms with Crippen LogP contribution in [0.5, 0.6) is 5.75 Å². The zero-order chi connectivity index (χ0) is 17.4. The lowest BCUT2D eigenvalue weighted by Gasteiger charge is -2.14. The van der Waals surface area contributed by atoms with Crippen LogP contribution in [0.4, 0.5) is 0 Å². The lowest BCUT2D eigenvalue weighted by Crippen LogP contribution is -2.10. The molecular weight excluding hydrogens is 336 g/mol. The van der Waals surface area contributed by atoms with Crippen molar-refractivity contribution in [3.05, 3.63) is 64.8 Å². The van der Waals surface area contributed by atoms with E-state index >= 15 is 0 Å². The number of aliphatic hydroxyl groups excluding tert-OH is 1. The molecule has 1 atom stereocenters. The Morgan fingerprint density at radius 3 is 2.68 bits per heavy atom. The molecule has 4 rings (SSSR count). The van der Waals surface area contributed by atoms with Crippen molar-refractivity contribution in [3.63, 3.8) is 0 Å². The number of hydrogen-bond acceptors (Lipinski definition) is 3. The second-order valence-corrected chi connectivity index (χ2v) is 6.59. The minimum absolute atomic E-state index is 0.361. The van der Waals surface area contributed by atoms with E-state index in [4.69, 9.17) is 21.4 Å². The zero-order valence-corrected chi connectivity index (χ0v) is 14.7. The van der Waals surface area contributed by atoms with Gasteiger partial charge in [-0.05, 0) is 31.2 Å². The summed E-state index contributed by atoms with van der Waals surface area (Å²) >= 11 is 6.05. The normalized spacial score (nSPS) is 16.0. The van der Waals surface area contributed by atoms with Crippen molar-refractivity contribution >= 4 is 11.6 Å². The Morgan fingerprint density at radius 2 is 1.92 bits per heavy atom. The molecule has 25 heavy (non-hydrogen) atoms. The maximum Gasteiger partial charge on any atom is 0.144 e. The standard InChI is InChI=1S/C20H19ClN2O2/c1-2-25-19-6-4-3-5-18(19)23-20(13-7-9-14(21)10-8-13)16-11-15(24)12-17(16)22-23/h3-10,15,24H,2,11-12H2,1H3. The van der Waals surface area contributed by atoms with E-state index in [1.165, 1.54) is 0 Å². The van der Waals surface area contributed by atoms with Crippen molar-refractivity contribution in [1.29, 1.82) is 0 Å². The van der Waals surface area contributed by atoms with Gasteiger partial charge in [0.1, 0.15) is 11.4 Å². The topological polar surface area (TPSA) is 47.3 Å². The van der Waals surface area contributed by atoms with Gasteiger partial charge in [0.2, 0.25) is 0 Å². The summed E-state index contributed by atoms with van der Waals surface area (Å²) in [6, 6.07) is 15.6. The lowest BCUT2D eigenvalue weighted by atomic mass is 10.1. The molecular formula is C20H19ClN2O2. The number of fused-ring (bicyclic) bond motifs is 1. The number of aliphatic hydroxyl groups is 1. The van der Waals surface area contributed by atoms with Gasteiger partial charge in [-0.15, -0.1) is 0 Å². The molecule has 0 bridgehead atoms. The summed E-state index contributed by atoms with van der Waals surface area (Å²) in [4.78, 5) is 0. The smallest absolute Gasteiger partial charge is 0.144 e. The third kappa shape index (κ3) is 2.92. The molecule has 0 amide bonds. The summed E-state index contributed by atoms with van der Waals surface area (Å²) in [5.74, 6) is 0.793. The maximum atomic E-state index is 10.1. The number of halogens is 1. The van der Waals surface area contributed by atoms with Crippen LogP contribution >= 0.6 is 11.6 Å². The van der Waals surface area contributed by atoms with Crippen molar-refractivity contribution < 1.29 is 9.84 Å². The van der Waals surface area contributed by atoms with Crippen molar-refractivity contribution in [2.24, 2.45) is 0 Å². The molecule has 1 aliphatic carbocycles. The average Bonchev–Trinajstić information content (AvgIpc) is 3.12. The van der Waals surface area contributed by atoms with Gasteiger partial charge in [-0.3, -0.25) is 0 Å². The van der Waals surface area contributed by atoms with Gasteiger partial charge in [-0.1, -0.05) is 35.9 Å². The predicted molar refractivity (Wildman–Crippen MR) is 98.6 cm³/mol. The molecule has 1 aliphatic rings. The summed E-state index contributed by atoms with van der Waals surface area (Å²) in [6.07, 6.45) is 0.837. The quantitative estimate of drug-likeness (QED) is 0.768. The first kappa shape index (κ1) is 16.2. The monoisotopic (exact) mass is 354 g/mol. The minimum Gasteiger partial charge on any atom is -0.492 e. The Bertz CT molecular complexity index is 903. The average molecular weight is 355 g/mol. The van der Waals surface area contributed by atoms with Gasteiger partial charge in [-0.25, -0.2) is 4.68 Å². The van der Waals surface area contributed by atoms with Crippen LogP contribution in [0, 0.1) is 0 Å². The number of aromatic nitrogens is 2. The number of hydrogen-bond donors (Lipinski definition) is 1. The van der Waals surface area contributed by atoms with Crippen LogP contribution in [0.15, 0.2) is 48.5 Å². The fraction of sp³-hybridized carbons (Fsp3) is 0.250. The Balaban J connectivity index is 1.92. The van der Waals surface area contributed by atoms with Crippen LogP contribution < -0.4 is 4.74 Å². The molecule has 1 unspecified atom stereocenters. The molecule has 0 saturated carbocycles. The molecule has 1 aromatic heterocycles. The Hall–Kier alpha value is -2.30. The van der Waals surface area contributed by atoms with Crippen molar-refractivity contribution in [2.75, 3.05) is 6.61 Å². The fourth-order valence-electron chi connectivity index (χ4n) is 3.39. The third-order valence-electron chi connectivity index (χ3n) is 4.45. The fourth-order valence-corrected chi connectivity index (χ4v) is 3.52. The highest BCUT2D eigenvalue weighted by molar-refractivity contribution is 6.30. The van der Waals surface area contributed by atoms with Crippen molar-refractivity contribution in [3.8, 4) is 22.7 Å². The van der Waals surface area contributed by atoms with Gasteiger partial charge in [0.15, 0.2) is 0 Å². The SMILES string of the molecule is CCOc1ccccc1-n1nc2c(c1-c1ccc(Cl)cc1)CC(O)C2. The van der Waals surface area contributed by atoms with E-state index in [1.807, 2.05) is 60.1 Å². The molecule has 1 N–H and O–H groups in total. The van der Waals surface area contributed by atoms with Crippen molar-refractivity contribution in [1.82, 2.24) is 9.78 Å². The molecule has 4 nitrogen and oxygen atoms in total. The number of nitrogens with zero attached hydrogens (tertiary/aromatic N) is 2. The zero-order valence-electron chi connectivity index (χ0n) is 13.9. The minimum atomic E-state index is -0.361. The molecule has 0 saturated heterocycles. The molecule has 5 heteroatoms. The number of benzene rings is 2. The maximum absolute atomic E-state index is 10.1. The molecule has 1 heterocycles. The summed E-state index contributed by atoms with van der Waals surface area (Å²) in [7, 11) is 0. The molecule has 3 aromatic rings. The first-order chi connectivity index (χ1) is 12.2.